The summed E-state index contributed by atoms with van der Waals surface area (Å²) in [6, 6.07) is 0. The molecule has 0 spiro atoms. The number of esters is 1. The maximum Gasteiger partial charge on any atom is 0.311 e. The van der Waals surface area contributed by atoms with E-state index in [2.05, 4.69) is 41.5 Å². The molecule has 6 unspecified atom stereocenters. The Labute approximate surface area is 382 Å². The van der Waals surface area contributed by atoms with Gasteiger partial charge in [-0.2, -0.15) is 0 Å². The third-order valence-corrected chi connectivity index (χ3v) is 10.2. The fourth-order valence-corrected chi connectivity index (χ4v) is 5.13. The minimum absolute atomic E-state index is 0.117. The van der Waals surface area contributed by atoms with Crippen LogP contribution in [0.4, 0.5) is 0 Å². The Hall–Kier alpha value is -1.09. The first-order valence-electron chi connectivity index (χ1n) is 23.8. The smallest absolute Gasteiger partial charge is 0.311 e. The number of hydrogen-bond donors (Lipinski definition) is 0. The van der Waals surface area contributed by atoms with Crippen molar-refractivity contribution in [1.29, 1.82) is 0 Å². The lowest BCUT2D eigenvalue weighted by atomic mass is 9.91. The molecule has 16 heteroatoms. The summed E-state index contributed by atoms with van der Waals surface area (Å²) >= 11 is 0. The van der Waals surface area contributed by atoms with E-state index >= 15 is 0 Å². The molecule has 0 saturated carbocycles. The van der Waals surface area contributed by atoms with Gasteiger partial charge in [-0.25, -0.2) is 0 Å². The van der Waals surface area contributed by atoms with Crippen LogP contribution in [0.25, 0.3) is 0 Å². The van der Waals surface area contributed by atoms with Crippen LogP contribution in [0.15, 0.2) is 0 Å². The highest BCUT2D eigenvalue weighted by Crippen LogP contribution is 2.21. The average molecular weight is 915 g/mol. The second-order valence-electron chi connectivity index (χ2n) is 16.5. The Morgan fingerprint density at radius 3 is 0.825 bits per heavy atom. The lowest BCUT2D eigenvalue weighted by molar-refractivity contribution is -0.155. The minimum atomic E-state index is -0.460. The van der Waals surface area contributed by atoms with Crippen molar-refractivity contribution in [3.63, 3.8) is 0 Å². The summed E-state index contributed by atoms with van der Waals surface area (Å²) in [7, 11) is 1.73. The number of hydrogen-bond acceptors (Lipinski definition) is 16. The summed E-state index contributed by atoms with van der Waals surface area (Å²) in [5.41, 5.74) is -0.460. The third-order valence-electron chi connectivity index (χ3n) is 10.2. The van der Waals surface area contributed by atoms with Crippen molar-refractivity contribution in [2.45, 2.75) is 144 Å². The standard InChI is InChI=1S/C47H94O16/c1-11-47(8,9)46(48)63-39-38-57-37-36-56-35-34-55-33-32-54-31-30-53-29-28-52-27-26-51-25-24-50-18-12-41(3)59-20-14-43(5)61-22-16-45(7)62-23-17-44(6)60-21-15-42(4)58-19-13-40(2)49-10/h40-45H,11-39H2,1-10H3. The van der Waals surface area contributed by atoms with Crippen LogP contribution in [0.1, 0.15) is 107 Å². The molecule has 0 bridgehead atoms. The molecule has 63 heavy (non-hydrogen) atoms. The number of carbonyl (C=O) groups is 1. The van der Waals surface area contributed by atoms with Gasteiger partial charge in [-0.15, -0.1) is 0 Å². The van der Waals surface area contributed by atoms with E-state index in [4.69, 9.17) is 71.1 Å². The van der Waals surface area contributed by atoms with Gasteiger partial charge in [0.25, 0.3) is 0 Å². The Bertz CT molecular complexity index is 963. The predicted octanol–water partition coefficient (Wildman–Crippen LogP) is 6.50. The first kappa shape index (κ1) is 61.9. The highest BCUT2D eigenvalue weighted by molar-refractivity contribution is 5.75. The maximum atomic E-state index is 11.9. The van der Waals surface area contributed by atoms with Gasteiger partial charge >= 0.3 is 5.97 Å². The predicted molar refractivity (Wildman–Crippen MR) is 243 cm³/mol. The van der Waals surface area contributed by atoms with Gasteiger partial charge in [0.2, 0.25) is 0 Å². The van der Waals surface area contributed by atoms with E-state index in [-0.39, 0.29) is 49.2 Å². The normalized spacial score (nSPS) is 15.0. The second-order valence-corrected chi connectivity index (χ2v) is 16.5. The van der Waals surface area contributed by atoms with Crippen molar-refractivity contribution >= 4 is 5.97 Å². The van der Waals surface area contributed by atoms with E-state index in [9.17, 15) is 4.79 Å². The molecule has 6 atom stereocenters. The summed E-state index contributed by atoms with van der Waals surface area (Å²) < 4.78 is 84.4. The summed E-state index contributed by atoms with van der Waals surface area (Å²) in [6.07, 6.45) is 6.83. The van der Waals surface area contributed by atoms with Crippen molar-refractivity contribution in [1.82, 2.24) is 0 Å². The first-order chi connectivity index (χ1) is 30.4. The van der Waals surface area contributed by atoms with Gasteiger partial charge in [0.05, 0.1) is 141 Å². The quantitative estimate of drug-likeness (QED) is 0.0481. The molecule has 0 aliphatic carbocycles. The third kappa shape index (κ3) is 43.3. The van der Waals surface area contributed by atoms with Crippen LogP contribution in [-0.2, 0) is 75.8 Å². The number of methoxy groups -OCH3 is 1. The summed E-state index contributed by atoms with van der Waals surface area (Å²) in [5.74, 6) is -0.200. The number of ether oxygens (including phenoxy) is 15. The molecule has 0 amide bonds. The maximum absolute atomic E-state index is 11.9. The minimum Gasteiger partial charge on any atom is -0.463 e. The van der Waals surface area contributed by atoms with Crippen molar-refractivity contribution in [2.75, 3.05) is 152 Å². The summed E-state index contributed by atoms with van der Waals surface area (Å²) in [4.78, 5) is 11.9. The highest BCUT2D eigenvalue weighted by Gasteiger charge is 2.26. The van der Waals surface area contributed by atoms with Gasteiger partial charge in [0.1, 0.15) is 6.61 Å². The fourth-order valence-electron chi connectivity index (χ4n) is 5.13. The lowest BCUT2D eigenvalue weighted by Gasteiger charge is -2.20. The topological polar surface area (TPSA) is 156 Å². The number of rotatable bonds is 50. The van der Waals surface area contributed by atoms with Crippen molar-refractivity contribution in [3.05, 3.63) is 0 Å². The molecule has 0 aromatic rings. The molecule has 0 fully saturated rings. The van der Waals surface area contributed by atoms with Gasteiger partial charge in [-0.1, -0.05) is 6.92 Å². The Morgan fingerprint density at radius 2 is 0.571 bits per heavy atom. The van der Waals surface area contributed by atoms with Gasteiger partial charge in [-0.3, -0.25) is 4.79 Å². The van der Waals surface area contributed by atoms with Crippen LogP contribution >= 0.6 is 0 Å². The SMILES string of the molecule is CCC(C)(C)C(=O)OCCOCCOCCOCCOCCOCCOCCOCCOCCC(C)OCCC(C)OCCC(C)OCCC(C)OCCC(C)OCCC(C)OC. The van der Waals surface area contributed by atoms with Crippen LogP contribution in [0.5, 0.6) is 0 Å². The molecule has 16 nitrogen and oxygen atoms in total. The van der Waals surface area contributed by atoms with Gasteiger partial charge in [-0.05, 0) is 100 Å². The highest BCUT2D eigenvalue weighted by atomic mass is 16.6. The Kier molecular flexibility index (Phi) is 44.0. The Morgan fingerprint density at radius 1 is 0.349 bits per heavy atom. The van der Waals surface area contributed by atoms with Gasteiger partial charge in [0.15, 0.2) is 0 Å². The average Bonchev–Trinajstić information content (AvgIpc) is 3.25. The van der Waals surface area contributed by atoms with E-state index in [1.807, 2.05) is 20.8 Å². The van der Waals surface area contributed by atoms with Crippen LogP contribution in [0.3, 0.4) is 0 Å². The van der Waals surface area contributed by atoms with E-state index in [1.165, 1.54) is 0 Å². The largest absolute Gasteiger partial charge is 0.463 e. The second kappa shape index (κ2) is 44.7. The molecule has 0 saturated heterocycles. The zero-order valence-electron chi connectivity index (χ0n) is 41.5. The lowest BCUT2D eigenvalue weighted by Crippen LogP contribution is -2.27. The van der Waals surface area contributed by atoms with E-state index in [0.717, 1.165) is 44.9 Å². The summed E-state index contributed by atoms with van der Waals surface area (Å²) in [5, 5.41) is 0. The molecule has 0 aromatic heterocycles. The van der Waals surface area contributed by atoms with Crippen molar-refractivity contribution in [2.24, 2.45) is 5.41 Å². The number of carbonyl (C=O) groups excluding carboxylic acids is 1. The molecular formula is C47H94O16. The zero-order valence-corrected chi connectivity index (χ0v) is 41.5. The fraction of sp³-hybridized carbons (Fsp3) is 0.979. The van der Waals surface area contributed by atoms with Crippen molar-refractivity contribution < 1.29 is 75.8 Å². The van der Waals surface area contributed by atoms with Gasteiger partial charge in [0, 0.05) is 46.8 Å². The molecular weight excluding hydrogens is 821 g/mol. The van der Waals surface area contributed by atoms with E-state index < -0.39 is 5.41 Å². The monoisotopic (exact) mass is 915 g/mol. The molecule has 0 N–H and O–H groups in total. The van der Waals surface area contributed by atoms with Crippen LogP contribution in [0.2, 0.25) is 0 Å². The first-order valence-corrected chi connectivity index (χ1v) is 23.8. The van der Waals surface area contributed by atoms with Gasteiger partial charge < -0.3 is 71.1 Å². The molecule has 0 heterocycles. The molecule has 0 aliphatic rings. The molecule has 0 rings (SSSR count). The Balaban J connectivity index is 3.40. The van der Waals surface area contributed by atoms with Crippen LogP contribution in [-0.4, -0.2) is 195 Å². The molecule has 0 aliphatic heterocycles. The van der Waals surface area contributed by atoms with E-state index in [0.29, 0.717) is 139 Å². The van der Waals surface area contributed by atoms with Crippen molar-refractivity contribution in [3.8, 4) is 0 Å². The zero-order chi connectivity index (χ0) is 46.7. The summed E-state index contributed by atoms with van der Waals surface area (Å²) in [6.45, 7) is 29.7. The van der Waals surface area contributed by atoms with Crippen LogP contribution in [0, 0.1) is 5.41 Å². The molecule has 378 valence electrons. The van der Waals surface area contributed by atoms with Crippen LogP contribution < -0.4 is 0 Å². The molecule has 0 radical (unpaired) electrons. The van der Waals surface area contributed by atoms with E-state index in [1.54, 1.807) is 7.11 Å². The molecule has 0 aromatic carbocycles.